The van der Waals surface area contributed by atoms with Crippen molar-refractivity contribution in [3.05, 3.63) is 36.1 Å². The van der Waals surface area contributed by atoms with Gasteiger partial charge in [-0.3, -0.25) is 0 Å². The third-order valence-electron chi connectivity index (χ3n) is 3.20. The van der Waals surface area contributed by atoms with Gasteiger partial charge in [-0.1, -0.05) is 18.2 Å². The number of sulfone groups is 1. The zero-order chi connectivity index (χ0) is 12.8. The number of furan rings is 1. The smallest absolute Gasteiger partial charge is 0.153 e. The van der Waals surface area contributed by atoms with Gasteiger partial charge in [-0.15, -0.1) is 0 Å². The van der Waals surface area contributed by atoms with Gasteiger partial charge in [0.15, 0.2) is 9.84 Å². The summed E-state index contributed by atoms with van der Waals surface area (Å²) in [4.78, 5) is 0. The Bertz CT molecular complexity index is 641. The first kappa shape index (κ1) is 11.7. The van der Waals surface area contributed by atoms with Crippen LogP contribution < -0.4 is 5.32 Å². The van der Waals surface area contributed by atoms with Gasteiger partial charge in [0.1, 0.15) is 11.3 Å². The fraction of sp³-hybridized carbons (Fsp3) is 0.385. The van der Waals surface area contributed by atoms with E-state index < -0.39 is 9.84 Å². The number of fused-ring (bicyclic) bond motifs is 1. The second kappa shape index (κ2) is 4.10. The lowest BCUT2D eigenvalue weighted by molar-refractivity contribution is 0.406. The Balaban J connectivity index is 1.99. The number of hydrogen-bond donors (Lipinski definition) is 1. The molecule has 3 rings (SSSR count). The molecule has 18 heavy (non-hydrogen) atoms. The summed E-state index contributed by atoms with van der Waals surface area (Å²) in [6.07, 6.45) is 0. The molecule has 0 aliphatic carbocycles. The molecule has 1 aliphatic rings. The Morgan fingerprint density at radius 2 is 2.06 bits per heavy atom. The van der Waals surface area contributed by atoms with Crippen molar-refractivity contribution in [2.45, 2.75) is 19.0 Å². The molecule has 4 nitrogen and oxygen atoms in total. The minimum absolute atomic E-state index is 0.0398. The molecular weight excluding hydrogens is 250 g/mol. The maximum atomic E-state index is 11.8. The van der Waals surface area contributed by atoms with Crippen LogP contribution in [0.15, 0.2) is 34.7 Å². The van der Waals surface area contributed by atoms with Crippen molar-refractivity contribution in [1.29, 1.82) is 0 Å². The van der Waals surface area contributed by atoms with Crippen LogP contribution in [0.2, 0.25) is 0 Å². The standard InChI is InChI=1S/C13H15NO3S/c1-9-7-18(15,16)8-11(14-9)13-6-10-4-2-3-5-12(10)17-13/h2-6,9,11,14H,7-8H2,1H3. The molecule has 0 amide bonds. The van der Waals surface area contributed by atoms with Gasteiger partial charge in [-0.25, -0.2) is 8.42 Å². The molecule has 0 bridgehead atoms. The van der Waals surface area contributed by atoms with Crippen molar-refractivity contribution in [3.63, 3.8) is 0 Å². The highest BCUT2D eigenvalue weighted by molar-refractivity contribution is 7.91. The van der Waals surface area contributed by atoms with E-state index in [9.17, 15) is 8.42 Å². The van der Waals surface area contributed by atoms with Crippen LogP contribution >= 0.6 is 0 Å². The van der Waals surface area contributed by atoms with Crippen LogP contribution in [0.3, 0.4) is 0 Å². The molecule has 96 valence electrons. The van der Waals surface area contributed by atoms with Crippen LogP contribution in [-0.4, -0.2) is 26.0 Å². The molecule has 1 aliphatic heterocycles. The fourth-order valence-electron chi connectivity index (χ4n) is 2.48. The molecule has 0 spiro atoms. The highest BCUT2D eigenvalue weighted by Crippen LogP contribution is 2.27. The normalized spacial score (nSPS) is 27.4. The minimum atomic E-state index is -2.99. The van der Waals surface area contributed by atoms with Gasteiger partial charge in [0.05, 0.1) is 17.5 Å². The van der Waals surface area contributed by atoms with E-state index in [-0.39, 0.29) is 23.6 Å². The van der Waals surface area contributed by atoms with Crippen molar-refractivity contribution in [1.82, 2.24) is 5.32 Å². The van der Waals surface area contributed by atoms with Crippen molar-refractivity contribution in [2.75, 3.05) is 11.5 Å². The SMILES string of the molecule is CC1CS(=O)(=O)CC(c2cc3ccccc3o2)N1. The third kappa shape index (κ3) is 2.15. The second-order valence-electron chi connectivity index (χ2n) is 4.88. The van der Waals surface area contributed by atoms with E-state index in [4.69, 9.17) is 4.42 Å². The lowest BCUT2D eigenvalue weighted by Crippen LogP contribution is -2.45. The summed E-state index contributed by atoms with van der Waals surface area (Å²) in [5, 5.41) is 4.28. The predicted octanol–water partition coefficient (Wildman–Crippen LogP) is 1.88. The van der Waals surface area contributed by atoms with Crippen molar-refractivity contribution < 1.29 is 12.8 Å². The Morgan fingerprint density at radius 3 is 2.78 bits per heavy atom. The molecule has 0 saturated carbocycles. The van der Waals surface area contributed by atoms with E-state index in [1.807, 2.05) is 37.3 Å². The Hall–Kier alpha value is -1.33. The predicted molar refractivity (Wildman–Crippen MR) is 70.2 cm³/mol. The quantitative estimate of drug-likeness (QED) is 0.855. The molecule has 0 radical (unpaired) electrons. The second-order valence-corrected chi connectivity index (χ2v) is 7.04. The Morgan fingerprint density at radius 1 is 1.28 bits per heavy atom. The molecule has 2 aromatic rings. The molecule has 1 fully saturated rings. The van der Waals surface area contributed by atoms with Crippen LogP contribution in [0.25, 0.3) is 11.0 Å². The number of rotatable bonds is 1. The fourth-order valence-corrected chi connectivity index (χ4v) is 4.24. The summed E-state index contributed by atoms with van der Waals surface area (Å²) in [5.41, 5.74) is 0.796. The lowest BCUT2D eigenvalue weighted by Gasteiger charge is -2.27. The van der Waals surface area contributed by atoms with Crippen LogP contribution in [0.5, 0.6) is 0 Å². The highest BCUT2D eigenvalue weighted by Gasteiger charge is 2.31. The Kier molecular flexibility index (Phi) is 2.68. The first-order valence-corrected chi connectivity index (χ1v) is 7.80. The molecule has 1 N–H and O–H groups in total. The molecule has 1 aromatic heterocycles. The van der Waals surface area contributed by atoms with Crippen molar-refractivity contribution in [2.24, 2.45) is 0 Å². The zero-order valence-electron chi connectivity index (χ0n) is 10.1. The largest absolute Gasteiger partial charge is 0.459 e. The minimum Gasteiger partial charge on any atom is -0.459 e. The first-order valence-electron chi connectivity index (χ1n) is 5.98. The zero-order valence-corrected chi connectivity index (χ0v) is 10.9. The van der Waals surface area contributed by atoms with Gasteiger partial charge in [-0.2, -0.15) is 0 Å². The molecule has 2 atom stereocenters. The van der Waals surface area contributed by atoms with E-state index in [1.165, 1.54) is 0 Å². The summed E-state index contributed by atoms with van der Waals surface area (Å²) in [5.74, 6) is 1.01. The average molecular weight is 265 g/mol. The first-order chi connectivity index (χ1) is 8.53. The maximum Gasteiger partial charge on any atom is 0.153 e. The molecule has 2 unspecified atom stereocenters. The number of benzene rings is 1. The highest BCUT2D eigenvalue weighted by atomic mass is 32.2. The van der Waals surface area contributed by atoms with Gasteiger partial charge in [0.25, 0.3) is 0 Å². The summed E-state index contributed by atoms with van der Waals surface area (Å²) >= 11 is 0. The summed E-state index contributed by atoms with van der Waals surface area (Å²) in [6.45, 7) is 1.88. The van der Waals surface area contributed by atoms with E-state index in [1.54, 1.807) is 0 Å². The summed E-state index contributed by atoms with van der Waals surface area (Å²) in [7, 11) is -2.99. The average Bonchev–Trinajstić information content (AvgIpc) is 2.69. The van der Waals surface area contributed by atoms with Gasteiger partial charge >= 0.3 is 0 Å². The van der Waals surface area contributed by atoms with Crippen molar-refractivity contribution >= 4 is 20.8 Å². The van der Waals surface area contributed by atoms with Crippen LogP contribution in [0.1, 0.15) is 18.7 Å². The molecule has 1 saturated heterocycles. The van der Waals surface area contributed by atoms with E-state index in [0.29, 0.717) is 5.76 Å². The van der Waals surface area contributed by atoms with Crippen LogP contribution in [0.4, 0.5) is 0 Å². The van der Waals surface area contributed by atoms with Crippen LogP contribution in [0, 0.1) is 0 Å². The molecule has 1 aromatic carbocycles. The lowest BCUT2D eigenvalue weighted by atomic mass is 10.2. The van der Waals surface area contributed by atoms with E-state index in [2.05, 4.69) is 5.32 Å². The number of hydrogen-bond acceptors (Lipinski definition) is 4. The molecule has 5 heteroatoms. The third-order valence-corrected chi connectivity index (χ3v) is 5.05. The molecular formula is C13H15NO3S. The summed E-state index contributed by atoms with van der Waals surface area (Å²) in [6, 6.07) is 9.33. The van der Waals surface area contributed by atoms with Gasteiger partial charge in [0, 0.05) is 11.4 Å². The maximum absolute atomic E-state index is 11.8. The number of para-hydroxylation sites is 1. The Labute approximate surface area is 106 Å². The van der Waals surface area contributed by atoms with E-state index >= 15 is 0 Å². The monoisotopic (exact) mass is 265 g/mol. The van der Waals surface area contributed by atoms with Gasteiger partial charge < -0.3 is 9.73 Å². The van der Waals surface area contributed by atoms with Crippen molar-refractivity contribution in [3.8, 4) is 0 Å². The number of nitrogens with one attached hydrogen (secondary N) is 1. The van der Waals surface area contributed by atoms with E-state index in [0.717, 1.165) is 11.0 Å². The topological polar surface area (TPSA) is 59.3 Å². The summed E-state index contributed by atoms with van der Waals surface area (Å²) < 4.78 is 29.3. The molecule has 2 heterocycles. The van der Waals surface area contributed by atoms with Crippen LogP contribution in [-0.2, 0) is 9.84 Å². The van der Waals surface area contributed by atoms with Gasteiger partial charge in [-0.05, 0) is 19.1 Å². The van der Waals surface area contributed by atoms with Gasteiger partial charge in [0.2, 0.25) is 0 Å².